The van der Waals surface area contributed by atoms with Gasteiger partial charge in [0.15, 0.2) is 0 Å². The van der Waals surface area contributed by atoms with Crippen molar-refractivity contribution in [2.24, 2.45) is 5.92 Å². The van der Waals surface area contributed by atoms with Crippen LogP contribution < -0.4 is 5.56 Å². The monoisotopic (exact) mass is 381 g/mol. The molecule has 0 bridgehead atoms. The number of amides is 1. The fraction of sp³-hybridized carbons (Fsp3) is 0.609. The Bertz CT molecular complexity index is 879. The topological polar surface area (TPSA) is 66.1 Å². The van der Waals surface area contributed by atoms with Crippen LogP contribution in [0.15, 0.2) is 29.1 Å². The number of H-pyrrole nitrogens is 1. The number of benzene rings is 1. The Morgan fingerprint density at radius 2 is 1.79 bits per heavy atom. The third-order valence-corrected chi connectivity index (χ3v) is 6.48. The molecule has 28 heavy (non-hydrogen) atoms. The van der Waals surface area contributed by atoms with Crippen LogP contribution in [-0.2, 0) is 11.2 Å². The molecule has 2 aliphatic rings. The number of hydrogen-bond acceptors (Lipinski definition) is 3. The first kappa shape index (κ1) is 19.2. The van der Waals surface area contributed by atoms with E-state index < -0.39 is 0 Å². The lowest BCUT2D eigenvalue weighted by Crippen LogP contribution is -2.43. The van der Waals surface area contributed by atoms with Gasteiger partial charge in [-0.1, -0.05) is 25.5 Å². The van der Waals surface area contributed by atoms with Gasteiger partial charge in [-0.2, -0.15) is 0 Å². The van der Waals surface area contributed by atoms with Crippen molar-refractivity contribution in [1.29, 1.82) is 0 Å². The van der Waals surface area contributed by atoms with E-state index in [2.05, 4.69) is 21.8 Å². The Morgan fingerprint density at radius 1 is 1.11 bits per heavy atom. The van der Waals surface area contributed by atoms with Crippen molar-refractivity contribution >= 4 is 16.8 Å². The zero-order valence-electron chi connectivity index (χ0n) is 16.8. The van der Waals surface area contributed by atoms with E-state index in [9.17, 15) is 9.59 Å². The highest BCUT2D eigenvalue weighted by Crippen LogP contribution is 2.36. The smallest absolute Gasteiger partial charge is 0.258 e. The quantitative estimate of drug-likeness (QED) is 0.781. The number of aromatic amines is 1. The first-order valence-electron chi connectivity index (χ1n) is 10.9. The van der Waals surface area contributed by atoms with E-state index in [1.807, 2.05) is 18.2 Å². The van der Waals surface area contributed by atoms with Crippen LogP contribution in [0.3, 0.4) is 0 Å². The number of aromatic nitrogens is 2. The highest BCUT2D eigenvalue weighted by Gasteiger charge is 2.38. The predicted molar refractivity (Wildman–Crippen MR) is 111 cm³/mol. The Hall–Kier alpha value is -2.17. The molecule has 0 aliphatic heterocycles. The van der Waals surface area contributed by atoms with Crippen molar-refractivity contribution in [3.05, 3.63) is 40.4 Å². The largest absolute Gasteiger partial charge is 0.337 e. The molecule has 2 aromatic rings. The fourth-order valence-corrected chi connectivity index (χ4v) is 4.68. The molecule has 1 aromatic heterocycles. The van der Waals surface area contributed by atoms with Crippen molar-refractivity contribution in [2.75, 3.05) is 0 Å². The van der Waals surface area contributed by atoms with Crippen molar-refractivity contribution in [3.8, 4) is 0 Å². The van der Waals surface area contributed by atoms with Crippen molar-refractivity contribution < 1.29 is 4.79 Å². The Kier molecular flexibility index (Phi) is 5.79. The molecule has 0 radical (unpaired) electrons. The lowest BCUT2D eigenvalue weighted by atomic mass is 9.83. The molecule has 5 nitrogen and oxygen atoms in total. The molecule has 2 fully saturated rings. The van der Waals surface area contributed by atoms with Crippen molar-refractivity contribution in [2.45, 2.75) is 83.2 Å². The van der Waals surface area contributed by atoms with Gasteiger partial charge in [-0.25, -0.2) is 4.98 Å². The average Bonchev–Trinajstić information content (AvgIpc) is 3.54. The van der Waals surface area contributed by atoms with Gasteiger partial charge in [0.2, 0.25) is 5.91 Å². The molecular formula is C23H31N3O2. The zero-order chi connectivity index (χ0) is 19.5. The maximum absolute atomic E-state index is 13.0. The molecule has 0 unspecified atom stereocenters. The molecule has 1 heterocycles. The minimum absolute atomic E-state index is 0.0979. The van der Waals surface area contributed by atoms with E-state index in [0.29, 0.717) is 42.0 Å². The Morgan fingerprint density at radius 3 is 2.46 bits per heavy atom. The molecule has 0 saturated heterocycles. The first-order valence-corrected chi connectivity index (χ1v) is 10.9. The Balaban J connectivity index is 1.35. The summed E-state index contributed by atoms with van der Waals surface area (Å²) in [6.07, 6.45) is 10.4. The van der Waals surface area contributed by atoms with E-state index in [1.54, 1.807) is 6.07 Å². The van der Waals surface area contributed by atoms with Gasteiger partial charge in [0.05, 0.1) is 10.9 Å². The lowest BCUT2D eigenvalue weighted by Gasteiger charge is -2.37. The number of fused-ring (bicyclic) bond motifs is 1. The summed E-state index contributed by atoms with van der Waals surface area (Å²) in [5.74, 6) is 1.83. The van der Waals surface area contributed by atoms with Crippen LogP contribution in [0, 0.1) is 5.92 Å². The second-order valence-electron chi connectivity index (χ2n) is 8.50. The summed E-state index contributed by atoms with van der Waals surface area (Å²) >= 11 is 0. The van der Waals surface area contributed by atoms with E-state index in [0.717, 1.165) is 17.9 Å². The number of carbonyl (C=O) groups excluding carboxylic acids is 1. The predicted octanol–water partition coefficient (Wildman–Crippen LogP) is 4.21. The summed E-state index contributed by atoms with van der Waals surface area (Å²) < 4.78 is 0. The van der Waals surface area contributed by atoms with E-state index in [4.69, 9.17) is 0 Å². The molecule has 0 spiro atoms. The normalized spacial score (nSPS) is 22.3. The minimum Gasteiger partial charge on any atom is -0.337 e. The van der Waals surface area contributed by atoms with Gasteiger partial charge in [0.25, 0.3) is 5.56 Å². The van der Waals surface area contributed by atoms with E-state index in [-0.39, 0.29) is 5.56 Å². The van der Waals surface area contributed by atoms with Crippen LogP contribution in [0.1, 0.15) is 70.5 Å². The summed E-state index contributed by atoms with van der Waals surface area (Å²) in [7, 11) is 0. The minimum atomic E-state index is -0.0979. The number of aryl methyl sites for hydroxylation is 1. The summed E-state index contributed by atoms with van der Waals surface area (Å²) in [6, 6.07) is 8.31. The molecular weight excluding hydrogens is 350 g/mol. The van der Waals surface area contributed by atoms with Gasteiger partial charge in [0, 0.05) is 24.9 Å². The van der Waals surface area contributed by atoms with Crippen LogP contribution in [0.25, 0.3) is 10.9 Å². The van der Waals surface area contributed by atoms with Crippen LogP contribution >= 0.6 is 0 Å². The summed E-state index contributed by atoms with van der Waals surface area (Å²) in [6.45, 7) is 2.28. The summed E-state index contributed by atoms with van der Waals surface area (Å²) in [5, 5.41) is 0.616. The van der Waals surface area contributed by atoms with Crippen LogP contribution in [0.2, 0.25) is 0 Å². The number of rotatable bonds is 7. The number of nitrogens with zero attached hydrogens (tertiary/aromatic N) is 2. The zero-order valence-corrected chi connectivity index (χ0v) is 16.8. The molecule has 5 heteroatoms. The highest BCUT2D eigenvalue weighted by molar-refractivity contribution is 5.78. The van der Waals surface area contributed by atoms with Crippen LogP contribution in [-0.4, -0.2) is 32.9 Å². The molecule has 1 amide bonds. The van der Waals surface area contributed by atoms with E-state index in [1.165, 1.54) is 44.9 Å². The molecule has 2 saturated carbocycles. The molecule has 2 aliphatic carbocycles. The highest BCUT2D eigenvalue weighted by atomic mass is 16.2. The SMILES string of the molecule is CCC1CCC(N(C(=O)CCCc2nc3ccccc3c(=O)[nH]2)C2CC2)CC1. The second kappa shape index (κ2) is 8.46. The Labute approximate surface area is 166 Å². The molecule has 0 atom stereocenters. The molecule has 1 aromatic carbocycles. The van der Waals surface area contributed by atoms with Gasteiger partial charge in [0.1, 0.15) is 5.82 Å². The molecule has 150 valence electrons. The molecule has 1 N–H and O–H groups in total. The second-order valence-corrected chi connectivity index (χ2v) is 8.50. The van der Waals surface area contributed by atoms with Crippen molar-refractivity contribution in [1.82, 2.24) is 14.9 Å². The van der Waals surface area contributed by atoms with Gasteiger partial charge in [-0.05, 0) is 63.0 Å². The fourth-order valence-electron chi connectivity index (χ4n) is 4.68. The summed E-state index contributed by atoms with van der Waals surface area (Å²) in [4.78, 5) is 34.8. The van der Waals surface area contributed by atoms with Crippen LogP contribution in [0.5, 0.6) is 0 Å². The first-order chi connectivity index (χ1) is 13.7. The molecule has 4 rings (SSSR count). The van der Waals surface area contributed by atoms with Gasteiger partial charge >= 0.3 is 0 Å². The maximum atomic E-state index is 13.0. The van der Waals surface area contributed by atoms with Gasteiger partial charge in [-0.15, -0.1) is 0 Å². The van der Waals surface area contributed by atoms with E-state index >= 15 is 0 Å². The number of nitrogens with one attached hydrogen (secondary N) is 1. The third-order valence-electron chi connectivity index (χ3n) is 6.48. The summed E-state index contributed by atoms with van der Waals surface area (Å²) in [5.41, 5.74) is 0.624. The standard InChI is InChI=1S/C23H31N3O2/c1-2-16-10-12-17(13-11-16)26(18-14-15-18)22(27)9-5-8-21-24-20-7-4-3-6-19(20)23(28)25-21/h3-4,6-7,16-18H,2,5,8-15H2,1H3,(H,24,25,28). The maximum Gasteiger partial charge on any atom is 0.258 e. The van der Waals surface area contributed by atoms with Gasteiger partial charge in [-0.3, -0.25) is 9.59 Å². The number of para-hydroxylation sites is 1. The van der Waals surface area contributed by atoms with Gasteiger partial charge < -0.3 is 9.88 Å². The van der Waals surface area contributed by atoms with Crippen LogP contribution in [0.4, 0.5) is 0 Å². The third kappa shape index (κ3) is 4.29. The average molecular weight is 382 g/mol. The lowest BCUT2D eigenvalue weighted by molar-refractivity contribution is -0.135. The number of hydrogen-bond donors (Lipinski definition) is 1. The van der Waals surface area contributed by atoms with Crippen molar-refractivity contribution in [3.63, 3.8) is 0 Å². The number of carbonyl (C=O) groups is 1.